The lowest BCUT2D eigenvalue weighted by Crippen LogP contribution is -2.59. The van der Waals surface area contributed by atoms with Crippen molar-refractivity contribution in [3.63, 3.8) is 0 Å². The molecule has 2 heterocycles. The zero-order valence-electron chi connectivity index (χ0n) is 11.4. The first kappa shape index (κ1) is 13.8. The van der Waals surface area contributed by atoms with Gasteiger partial charge in [-0.1, -0.05) is 0 Å². The van der Waals surface area contributed by atoms with Gasteiger partial charge in [-0.25, -0.2) is 0 Å². The number of hydrogen-bond acceptors (Lipinski definition) is 4. The molecule has 18 heavy (non-hydrogen) atoms. The molecule has 5 nitrogen and oxygen atoms in total. The quantitative estimate of drug-likeness (QED) is 0.766. The first-order valence-corrected chi connectivity index (χ1v) is 6.74. The third kappa shape index (κ3) is 3.43. The third-order valence-electron chi connectivity index (χ3n) is 3.91. The van der Waals surface area contributed by atoms with Gasteiger partial charge in [0.15, 0.2) is 0 Å². The summed E-state index contributed by atoms with van der Waals surface area (Å²) in [6, 6.07) is 0. The number of carbonyl (C=O) groups is 1. The van der Waals surface area contributed by atoms with Crippen LogP contribution in [0.3, 0.4) is 0 Å². The molecule has 0 bridgehead atoms. The fourth-order valence-electron chi connectivity index (χ4n) is 2.49. The van der Waals surface area contributed by atoms with Gasteiger partial charge in [0, 0.05) is 39.9 Å². The zero-order chi connectivity index (χ0) is 13.0. The SMILES string of the molecule is COCC1CCN(C(=O)COC2(C)CNC2)CC1. The van der Waals surface area contributed by atoms with Crippen LogP contribution in [-0.2, 0) is 14.3 Å². The van der Waals surface area contributed by atoms with Gasteiger partial charge in [-0.3, -0.25) is 4.79 Å². The first-order valence-electron chi connectivity index (χ1n) is 6.74. The number of piperidine rings is 1. The molecule has 2 aliphatic heterocycles. The second-order valence-corrected chi connectivity index (χ2v) is 5.62. The predicted octanol–water partition coefficient (Wildman–Crippen LogP) is 0.250. The zero-order valence-corrected chi connectivity index (χ0v) is 11.4. The summed E-state index contributed by atoms with van der Waals surface area (Å²) in [6.07, 6.45) is 2.08. The summed E-state index contributed by atoms with van der Waals surface area (Å²) >= 11 is 0. The van der Waals surface area contributed by atoms with Crippen molar-refractivity contribution >= 4 is 5.91 Å². The average molecular weight is 256 g/mol. The third-order valence-corrected chi connectivity index (χ3v) is 3.91. The highest BCUT2D eigenvalue weighted by molar-refractivity contribution is 5.77. The fourth-order valence-corrected chi connectivity index (χ4v) is 2.49. The molecule has 2 fully saturated rings. The largest absolute Gasteiger partial charge is 0.384 e. The highest BCUT2D eigenvalue weighted by atomic mass is 16.5. The van der Waals surface area contributed by atoms with E-state index in [-0.39, 0.29) is 18.1 Å². The molecule has 0 spiro atoms. The summed E-state index contributed by atoms with van der Waals surface area (Å²) in [7, 11) is 1.73. The van der Waals surface area contributed by atoms with Gasteiger partial charge in [-0.05, 0) is 25.7 Å². The molecular weight excluding hydrogens is 232 g/mol. The van der Waals surface area contributed by atoms with Crippen LogP contribution in [0.4, 0.5) is 0 Å². The van der Waals surface area contributed by atoms with Crippen molar-refractivity contribution in [3.05, 3.63) is 0 Å². The minimum absolute atomic E-state index is 0.124. The lowest BCUT2D eigenvalue weighted by molar-refractivity contribution is -0.147. The second kappa shape index (κ2) is 5.99. The van der Waals surface area contributed by atoms with Crippen LogP contribution < -0.4 is 5.32 Å². The Labute approximate surface area is 109 Å². The molecule has 0 aromatic rings. The summed E-state index contributed by atoms with van der Waals surface area (Å²) in [5.74, 6) is 0.729. The summed E-state index contributed by atoms with van der Waals surface area (Å²) in [5.41, 5.74) is -0.135. The molecule has 2 aliphatic rings. The summed E-state index contributed by atoms with van der Waals surface area (Å²) in [5, 5.41) is 3.16. The summed E-state index contributed by atoms with van der Waals surface area (Å²) in [6.45, 7) is 6.43. The molecule has 5 heteroatoms. The van der Waals surface area contributed by atoms with Crippen LogP contribution in [0.1, 0.15) is 19.8 Å². The van der Waals surface area contributed by atoms with E-state index in [2.05, 4.69) is 5.32 Å². The van der Waals surface area contributed by atoms with Crippen molar-refractivity contribution in [2.75, 3.05) is 46.5 Å². The molecule has 0 aliphatic carbocycles. The molecule has 1 N–H and O–H groups in total. The standard InChI is InChI=1S/C13H24N2O3/c1-13(9-14-10-13)18-8-12(16)15-5-3-11(4-6-15)7-17-2/h11,14H,3-10H2,1-2H3. The molecule has 0 saturated carbocycles. The Hall–Kier alpha value is -0.650. The van der Waals surface area contributed by atoms with E-state index >= 15 is 0 Å². The van der Waals surface area contributed by atoms with Gasteiger partial charge < -0.3 is 19.7 Å². The molecule has 0 radical (unpaired) electrons. The van der Waals surface area contributed by atoms with Crippen molar-refractivity contribution in [3.8, 4) is 0 Å². The molecule has 2 rings (SSSR count). The number of likely N-dealkylation sites (tertiary alicyclic amines) is 1. The first-order chi connectivity index (χ1) is 8.63. The number of hydrogen-bond donors (Lipinski definition) is 1. The molecule has 0 aromatic heterocycles. The maximum absolute atomic E-state index is 12.0. The fraction of sp³-hybridized carbons (Fsp3) is 0.923. The van der Waals surface area contributed by atoms with Gasteiger partial charge >= 0.3 is 0 Å². The van der Waals surface area contributed by atoms with Gasteiger partial charge in [0.05, 0.1) is 5.60 Å². The number of ether oxygens (including phenoxy) is 2. The van der Waals surface area contributed by atoms with Crippen molar-refractivity contribution in [2.45, 2.75) is 25.4 Å². The summed E-state index contributed by atoms with van der Waals surface area (Å²) in [4.78, 5) is 13.9. The number of nitrogens with one attached hydrogen (secondary N) is 1. The Morgan fingerprint density at radius 3 is 2.56 bits per heavy atom. The molecule has 1 amide bonds. The lowest BCUT2D eigenvalue weighted by Gasteiger charge is -2.39. The van der Waals surface area contributed by atoms with Crippen molar-refractivity contribution in [1.29, 1.82) is 0 Å². The van der Waals surface area contributed by atoms with Gasteiger partial charge in [0.25, 0.3) is 0 Å². The molecule has 2 saturated heterocycles. The van der Waals surface area contributed by atoms with Crippen LogP contribution in [0.15, 0.2) is 0 Å². The molecule has 104 valence electrons. The number of methoxy groups -OCH3 is 1. The average Bonchev–Trinajstić information content (AvgIpc) is 2.35. The maximum Gasteiger partial charge on any atom is 0.248 e. The predicted molar refractivity (Wildman–Crippen MR) is 68.4 cm³/mol. The Bertz CT molecular complexity index is 284. The Kier molecular flexibility index (Phi) is 4.59. The van der Waals surface area contributed by atoms with E-state index in [0.717, 1.165) is 45.6 Å². The molecule has 0 atom stereocenters. The van der Waals surface area contributed by atoms with Crippen LogP contribution in [-0.4, -0.2) is 62.9 Å². The van der Waals surface area contributed by atoms with Crippen LogP contribution in [0.2, 0.25) is 0 Å². The monoisotopic (exact) mass is 256 g/mol. The van der Waals surface area contributed by atoms with Gasteiger partial charge in [0.1, 0.15) is 6.61 Å². The van der Waals surface area contributed by atoms with E-state index in [1.54, 1.807) is 7.11 Å². The number of amides is 1. The highest BCUT2D eigenvalue weighted by Crippen LogP contribution is 2.19. The Morgan fingerprint density at radius 2 is 2.06 bits per heavy atom. The second-order valence-electron chi connectivity index (χ2n) is 5.62. The van der Waals surface area contributed by atoms with E-state index in [0.29, 0.717) is 5.92 Å². The van der Waals surface area contributed by atoms with Crippen LogP contribution in [0, 0.1) is 5.92 Å². The summed E-state index contributed by atoms with van der Waals surface area (Å²) < 4.78 is 10.8. The smallest absolute Gasteiger partial charge is 0.248 e. The van der Waals surface area contributed by atoms with Gasteiger partial charge in [-0.15, -0.1) is 0 Å². The number of nitrogens with zero attached hydrogens (tertiary/aromatic N) is 1. The Balaban J connectivity index is 1.67. The minimum atomic E-state index is -0.135. The maximum atomic E-state index is 12.0. The van der Waals surface area contributed by atoms with Crippen LogP contribution in [0.25, 0.3) is 0 Å². The van der Waals surface area contributed by atoms with Gasteiger partial charge in [-0.2, -0.15) is 0 Å². The normalized spacial score (nSPS) is 23.8. The number of carbonyl (C=O) groups excluding carboxylic acids is 1. The molecular formula is C13H24N2O3. The molecule has 0 unspecified atom stereocenters. The van der Waals surface area contributed by atoms with Gasteiger partial charge in [0.2, 0.25) is 5.91 Å². The van der Waals surface area contributed by atoms with Crippen molar-refractivity contribution < 1.29 is 14.3 Å². The Morgan fingerprint density at radius 1 is 1.39 bits per heavy atom. The topological polar surface area (TPSA) is 50.8 Å². The van der Waals surface area contributed by atoms with Crippen molar-refractivity contribution in [2.24, 2.45) is 5.92 Å². The minimum Gasteiger partial charge on any atom is -0.384 e. The number of rotatable bonds is 5. The van der Waals surface area contributed by atoms with E-state index in [4.69, 9.17) is 9.47 Å². The van der Waals surface area contributed by atoms with Crippen LogP contribution in [0.5, 0.6) is 0 Å². The van der Waals surface area contributed by atoms with E-state index in [1.807, 2.05) is 11.8 Å². The van der Waals surface area contributed by atoms with Crippen LogP contribution >= 0.6 is 0 Å². The lowest BCUT2D eigenvalue weighted by atomic mass is 9.98. The van der Waals surface area contributed by atoms with Crippen molar-refractivity contribution in [1.82, 2.24) is 10.2 Å². The van der Waals surface area contributed by atoms with E-state index < -0.39 is 0 Å². The molecule has 0 aromatic carbocycles. The van der Waals surface area contributed by atoms with E-state index in [1.165, 1.54) is 0 Å². The highest BCUT2D eigenvalue weighted by Gasteiger charge is 2.34. The van der Waals surface area contributed by atoms with E-state index in [9.17, 15) is 4.79 Å².